The van der Waals surface area contributed by atoms with Crippen molar-refractivity contribution in [3.63, 3.8) is 0 Å². The van der Waals surface area contributed by atoms with Crippen molar-refractivity contribution in [3.8, 4) is 0 Å². The topological polar surface area (TPSA) is 52.6 Å². The quantitative estimate of drug-likeness (QED) is 0.359. The number of carbonyl (C=O) groups is 1. The Bertz CT molecular complexity index is 244. The van der Waals surface area contributed by atoms with Gasteiger partial charge in [-0.15, -0.1) is 0 Å². The molecule has 19 heavy (non-hydrogen) atoms. The number of hydrogen-bond acceptors (Lipinski definition) is 4. The standard InChI is InChI=1S/C14H29O4P/c1-3-5-6-7-8-9-10-11-12-13-14(15)18-19(16)17-4-2/h19H,3-13H2,1-2H3. The lowest BCUT2D eigenvalue weighted by Crippen LogP contribution is -1.99. The van der Waals surface area contributed by atoms with E-state index in [0.29, 0.717) is 13.0 Å². The van der Waals surface area contributed by atoms with Gasteiger partial charge in [0, 0.05) is 6.42 Å². The third-order valence-electron chi connectivity index (χ3n) is 2.94. The molecule has 0 aliphatic rings. The molecule has 0 radical (unpaired) electrons. The third-order valence-corrected chi connectivity index (χ3v) is 3.86. The zero-order chi connectivity index (χ0) is 14.3. The van der Waals surface area contributed by atoms with E-state index in [4.69, 9.17) is 4.52 Å². The van der Waals surface area contributed by atoms with Gasteiger partial charge in [0.2, 0.25) is 0 Å². The molecule has 0 bridgehead atoms. The van der Waals surface area contributed by atoms with Gasteiger partial charge in [-0.3, -0.25) is 4.79 Å². The zero-order valence-corrected chi connectivity index (χ0v) is 13.4. The van der Waals surface area contributed by atoms with Crippen LogP contribution in [0.15, 0.2) is 0 Å². The maximum Gasteiger partial charge on any atom is 0.369 e. The fourth-order valence-corrected chi connectivity index (χ4v) is 2.45. The second-order valence-electron chi connectivity index (χ2n) is 4.74. The van der Waals surface area contributed by atoms with Gasteiger partial charge in [0.15, 0.2) is 0 Å². The van der Waals surface area contributed by atoms with Crippen LogP contribution < -0.4 is 0 Å². The highest BCUT2D eigenvalue weighted by atomic mass is 31.1. The molecule has 114 valence electrons. The molecule has 0 aliphatic heterocycles. The van der Waals surface area contributed by atoms with Crippen LogP contribution in [0.2, 0.25) is 0 Å². The molecule has 1 atom stereocenters. The van der Waals surface area contributed by atoms with E-state index in [1.807, 2.05) is 0 Å². The third kappa shape index (κ3) is 13.9. The van der Waals surface area contributed by atoms with Crippen molar-refractivity contribution in [1.82, 2.24) is 0 Å². The molecule has 0 fully saturated rings. The molecule has 0 aromatic rings. The molecule has 0 N–H and O–H groups in total. The SMILES string of the molecule is CCCCCCCCCCCC(=O)O[PH](=O)OCC. The van der Waals surface area contributed by atoms with Crippen LogP contribution in [-0.2, 0) is 18.4 Å². The van der Waals surface area contributed by atoms with Gasteiger partial charge in [0.1, 0.15) is 0 Å². The number of unbranched alkanes of at least 4 members (excludes halogenated alkanes) is 8. The van der Waals surface area contributed by atoms with Gasteiger partial charge in [-0.2, -0.15) is 0 Å². The van der Waals surface area contributed by atoms with E-state index < -0.39 is 14.2 Å². The van der Waals surface area contributed by atoms with E-state index in [1.54, 1.807) is 6.92 Å². The Labute approximate surface area is 118 Å². The minimum absolute atomic E-state index is 0.309. The minimum atomic E-state index is -2.60. The van der Waals surface area contributed by atoms with Crippen LogP contribution >= 0.6 is 8.25 Å². The average Bonchev–Trinajstić information content (AvgIpc) is 2.37. The number of rotatable bonds is 13. The minimum Gasteiger partial charge on any atom is -0.394 e. The Morgan fingerprint density at radius 3 is 1.95 bits per heavy atom. The first-order valence-corrected chi connectivity index (χ1v) is 8.80. The van der Waals surface area contributed by atoms with Gasteiger partial charge in [0.05, 0.1) is 6.61 Å². The predicted molar refractivity (Wildman–Crippen MR) is 78.6 cm³/mol. The monoisotopic (exact) mass is 292 g/mol. The molecule has 0 saturated heterocycles. The molecule has 0 heterocycles. The summed E-state index contributed by atoms with van der Waals surface area (Å²) in [5, 5.41) is 0. The predicted octanol–water partition coefficient (Wildman–Crippen LogP) is 4.88. The number of carbonyl (C=O) groups excluding carboxylic acids is 1. The lowest BCUT2D eigenvalue weighted by molar-refractivity contribution is -0.134. The molecule has 0 aliphatic carbocycles. The van der Waals surface area contributed by atoms with Gasteiger partial charge in [0.25, 0.3) is 0 Å². The second-order valence-corrected chi connectivity index (χ2v) is 5.73. The van der Waals surface area contributed by atoms with Gasteiger partial charge in [-0.05, 0) is 13.3 Å². The Kier molecular flexibility index (Phi) is 13.8. The highest BCUT2D eigenvalue weighted by molar-refractivity contribution is 7.34. The van der Waals surface area contributed by atoms with Crippen molar-refractivity contribution in [2.24, 2.45) is 0 Å². The average molecular weight is 292 g/mol. The van der Waals surface area contributed by atoms with E-state index in [2.05, 4.69) is 11.4 Å². The molecule has 0 amide bonds. The van der Waals surface area contributed by atoms with Crippen molar-refractivity contribution >= 4 is 14.2 Å². The van der Waals surface area contributed by atoms with Crippen molar-refractivity contribution in [3.05, 3.63) is 0 Å². The van der Waals surface area contributed by atoms with E-state index in [0.717, 1.165) is 12.8 Å². The molecule has 0 aromatic carbocycles. The molecule has 0 rings (SSSR count). The first-order valence-electron chi connectivity index (χ1n) is 7.58. The van der Waals surface area contributed by atoms with Crippen LogP contribution in [0, 0.1) is 0 Å². The smallest absolute Gasteiger partial charge is 0.369 e. The fraction of sp³-hybridized carbons (Fsp3) is 0.929. The molecule has 5 heteroatoms. The van der Waals surface area contributed by atoms with E-state index in [-0.39, 0.29) is 0 Å². The van der Waals surface area contributed by atoms with Crippen LogP contribution in [0.4, 0.5) is 0 Å². The van der Waals surface area contributed by atoms with Crippen LogP contribution in [0.1, 0.15) is 78.1 Å². The van der Waals surface area contributed by atoms with Gasteiger partial charge < -0.3 is 9.05 Å². The lowest BCUT2D eigenvalue weighted by Gasteiger charge is -2.04. The van der Waals surface area contributed by atoms with E-state index >= 15 is 0 Å². The summed E-state index contributed by atoms with van der Waals surface area (Å²) < 4.78 is 20.4. The summed E-state index contributed by atoms with van der Waals surface area (Å²) in [6, 6.07) is 0. The second kappa shape index (κ2) is 14.1. The van der Waals surface area contributed by atoms with Crippen molar-refractivity contribution in [1.29, 1.82) is 0 Å². The Hall–Kier alpha value is -0.340. The van der Waals surface area contributed by atoms with Crippen LogP contribution in [0.3, 0.4) is 0 Å². The summed E-state index contributed by atoms with van der Waals surface area (Å²) in [5.74, 6) is -0.403. The zero-order valence-electron chi connectivity index (χ0n) is 12.4. The van der Waals surface area contributed by atoms with Crippen molar-refractivity contribution in [2.75, 3.05) is 6.61 Å². The molecule has 4 nitrogen and oxygen atoms in total. The summed E-state index contributed by atoms with van der Waals surface area (Å²) in [4.78, 5) is 11.3. The van der Waals surface area contributed by atoms with Crippen molar-refractivity contribution in [2.45, 2.75) is 78.1 Å². The molecule has 0 aromatic heterocycles. The summed E-state index contributed by atoms with van der Waals surface area (Å²) in [5.41, 5.74) is 0. The summed E-state index contributed by atoms with van der Waals surface area (Å²) in [6.07, 6.45) is 11.2. The highest BCUT2D eigenvalue weighted by Gasteiger charge is 2.07. The van der Waals surface area contributed by atoms with Gasteiger partial charge >= 0.3 is 14.2 Å². The Balaban J connectivity index is 3.25. The largest absolute Gasteiger partial charge is 0.394 e. The maximum absolute atomic E-state index is 11.3. The summed E-state index contributed by atoms with van der Waals surface area (Å²) in [7, 11) is -2.60. The van der Waals surface area contributed by atoms with Crippen LogP contribution in [-0.4, -0.2) is 12.6 Å². The first kappa shape index (κ1) is 18.7. The summed E-state index contributed by atoms with van der Waals surface area (Å²) >= 11 is 0. The summed E-state index contributed by atoms with van der Waals surface area (Å²) in [6.45, 7) is 4.25. The van der Waals surface area contributed by atoms with Crippen molar-refractivity contribution < 1.29 is 18.4 Å². The normalized spacial score (nSPS) is 12.3. The van der Waals surface area contributed by atoms with Crippen LogP contribution in [0.5, 0.6) is 0 Å². The maximum atomic E-state index is 11.3. The van der Waals surface area contributed by atoms with E-state index in [1.165, 1.54) is 44.9 Å². The van der Waals surface area contributed by atoms with E-state index in [9.17, 15) is 9.36 Å². The molecule has 0 saturated carbocycles. The molecule has 0 spiro atoms. The Morgan fingerprint density at radius 1 is 0.895 bits per heavy atom. The van der Waals surface area contributed by atoms with Gasteiger partial charge in [-0.25, -0.2) is 4.57 Å². The Morgan fingerprint density at radius 2 is 1.42 bits per heavy atom. The van der Waals surface area contributed by atoms with Gasteiger partial charge in [-0.1, -0.05) is 58.3 Å². The lowest BCUT2D eigenvalue weighted by atomic mass is 10.1. The molecular formula is C14H29O4P. The highest BCUT2D eigenvalue weighted by Crippen LogP contribution is 2.24. The fourth-order valence-electron chi connectivity index (χ4n) is 1.87. The molecular weight excluding hydrogens is 263 g/mol. The first-order chi connectivity index (χ1) is 9.20. The number of hydrogen-bond donors (Lipinski definition) is 0. The van der Waals surface area contributed by atoms with Crippen LogP contribution in [0.25, 0.3) is 0 Å². The molecule has 1 unspecified atom stereocenters.